The van der Waals surface area contributed by atoms with E-state index >= 15 is 0 Å². The summed E-state index contributed by atoms with van der Waals surface area (Å²) in [6.45, 7) is 0. The maximum atomic E-state index is 5.71. The van der Waals surface area contributed by atoms with E-state index in [0.717, 1.165) is 17.3 Å². The van der Waals surface area contributed by atoms with E-state index in [-0.39, 0.29) is 0 Å². The maximum absolute atomic E-state index is 5.71. The highest BCUT2D eigenvalue weighted by atomic mass is 79.9. The predicted molar refractivity (Wildman–Crippen MR) is 83.0 cm³/mol. The quantitative estimate of drug-likeness (QED) is 0.891. The molecule has 0 fully saturated rings. The second kappa shape index (κ2) is 6.68. The molecule has 0 spiro atoms. The molecular weight excluding hydrogens is 302 g/mol. The summed E-state index contributed by atoms with van der Waals surface area (Å²) in [6.07, 6.45) is 3.67. The van der Waals surface area contributed by atoms with Crippen LogP contribution < -0.4 is 11.1 Å². The van der Waals surface area contributed by atoms with E-state index in [4.69, 9.17) is 5.73 Å². The van der Waals surface area contributed by atoms with Crippen LogP contribution in [0.4, 0.5) is 5.82 Å². The van der Waals surface area contributed by atoms with Crippen molar-refractivity contribution < 1.29 is 0 Å². The van der Waals surface area contributed by atoms with Gasteiger partial charge in [-0.05, 0) is 49.2 Å². The summed E-state index contributed by atoms with van der Waals surface area (Å²) in [5, 5.41) is 3.36. The lowest BCUT2D eigenvalue weighted by atomic mass is 9.99. The number of likely N-dealkylation sites (N-methyl/N-ethyl adjacent to an activating group) is 1. The van der Waals surface area contributed by atoms with E-state index in [9.17, 15) is 0 Å². The lowest BCUT2D eigenvalue weighted by Crippen LogP contribution is -2.30. The molecule has 0 aliphatic carbocycles. The molecule has 2 rings (SSSR count). The van der Waals surface area contributed by atoms with Gasteiger partial charge in [0.2, 0.25) is 0 Å². The molecule has 100 valence electrons. The zero-order chi connectivity index (χ0) is 13.7. The Morgan fingerprint density at radius 2 is 2.05 bits per heavy atom. The average molecular weight is 320 g/mol. The van der Waals surface area contributed by atoms with E-state index in [1.807, 2.05) is 25.2 Å². The van der Waals surface area contributed by atoms with Gasteiger partial charge in [0, 0.05) is 16.7 Å². The zero-order valence-corrected chi connectivity index (χ0v) is 12.5. The first-order valence-corrected chi connectivity index (χ1v) is 7.09. The van der Waals surface area contributed by atoms with Crippen LogP contribution in [-0.2, 0) is 12.8 Å². The fourth-order valence-electron chi connectivity index (χ4n) is 2.11. The molecule has 3 N–H and O–H groups in total. The smallest absolute Gasteiger partial charge is 0.123 e. The molecule has 2 aromatic rings. The molecule has 0 amide bonds. The lowest BCUT2D eigenvalue weighted by molar-refractivity contribution is 0.555. The molecule has 0 radical (unpaired) electrons. The summed E-state index contributed by atoms with van der Waals surface area (Å²) in [5.74, 6) is 0.577. The van der Waals surface area contributed by atoms with Gasteiger partial charge in [0.15, 0.2) is 0 Å². The van der Waals surface area contributed by atoms with E-state index in [1.165, 1.54) is 11.1 Å². The summed E-state index contributed by atoms with van der Waals surface area (Å²) in [4.78, 5) is 4.02. The van der Waals surface area contributed by atoms with Gasteiger partial charge in [-0.1, -0.05) is 34.1 Å². The van der Waals surface area contributed by atoms with Gasteiger partial charge >= 0.3 is 0 Å². The minimum atomic E-state index is 0.375. The highest BCUT2D eigenvalue weighted by molar-refractivity contribution is 9.10. The minimum Gasteiger partial charge on any atom is -0.384 e. The number of nitrogens with one attached hydrogen (secondary N) is 1. The van der Waals surface area contributed by atoms with Gasteiger partial charge in [-0.25, -0.2) is 4.98 Å². The van der Waals surface area contributed by atoms with Crippen molar-refractivity contribution in [3.8, 4) is 0 Å². The van der Waals surface area contributed by atoms with Crippen LogP contribution in [0, 0.1) is 0 Å². The second-order valence-electron chi connectivity index (χ2n) is 4.57. The number of aromatic nitrogens is 1. The molecule has 0 aliphatic rings. The number of rotatable bonds is 5. The maximum Gasteiger partial charge on any atom is 0.123 e. The normalized spacial score (nSPS) is 12.3. The second-order valence-corrected chi connectivity index (χ2v) is 5.43. The van der Waals surface area contributed by atoms with E-state index in [0.29, 0.717) is 11.9 Å². The average Bonchev–Trinajstić information content (AvgIpc) is 2.40. The van der Waals surface area contributed by atoms with Gasteiger partial charge in [-0.3, -0.25) is 0 Å². The Morgan fingerprint density at radius 1 is 1.26 bits per heavy atom. The number of nitrogens with two attached hydrogens (primary N) is 1. The van der Waals surface area contributed by atoms with Crippen molar-refractivity contribution in [2.45, 2.75) is 18.9 Å². The third-order valence-electron chi connectivity index (χ3n) is 3.16. The van der Waals surface area contributed by atoms with Crippen LogP contribution in [0.1, 0.15) is 11.1 Å². The Kier molecular flexibility index (Phi) is 4.93. The fourth-order valence-corrected chi connectivity index (χ4v) is 2.56. The monoisotopic (exact) mass is 319 g/mol. The van der Waals surface area contributed by atoms with Gasteiger partial charge in [0.25, 0.3) is 0 Å². The number of nitrogens with zero attached hydrogens (tertiary/aromatic N) is 1. The summed E-state index contributed by atoms with van der Waals surface area (Å²) < 4.78 is 1.16. The Labute approximate surface area is 122 Å². The summed E-state index contributed by atoms with van der Waals surface area (Å²) in [7, 11) is 1.99. The van der Waals surface area contributed by atoms with E-state index in [2.05, 4.69) is 44.4 Å². The largest absolute Gasteiger partial charge is 0.384 e. The van der Waals surface area contributed by atoms with Gasteiger partial charge in [-0.2, -0.15) is 0 Å². The molecule has 19 heavy (non-hydrogen) atoms. The molecule has 1 unspecified atom stereocenters. The Balaban J connectivity index is 2.07. The Morgan fingerprint density at radius 3 is 2.74 bits per heavy atom. The first-order valence-electron chi connectivity index (χ1n) is 6.30. The fraction of sp³-hybridized carbons (Fsp3) is 0.267. The van der Waals surface area contributed by atoms with Crippen molar-refractivity contribution in [2.75, 3.05) is 12.8 Å². The van der Waals surface area contributed by atoms with Crippen LogP contribution in [0.2, 0.25) is 0 Å². The number of hydrogen-bond acceptors (Lipinski definition) is 3. The first kappa shape index (κ1) is 14.0. The van der Waals surface area contributed by atoms with Crippen LogP contribution in [0.5, 0.6) is 0 Å². The lowest BCUT2D eigenvalue weighted by Gasteiger charge is -2.17. The molecule has 0 saturated heterocycles. The molecule has 1 atom stereocenters. The van der Waals surface area contributed by atoms with Crippen molar-refractivity contribution in [3.63, 3.8) is 0 Å². The summed E-state index contributed by atoms with van der Waals surface area (Å²) >= 11 is 3.59. The third-order valence-corrected chi connectivity index (χ3v) is 3.93. The van der Waals surface area contributed by atoms with Crippen molar-refractivity contribution in [1.29, 1.82) is 0 Å². The van der Waals surface area contributed by atoms with E-state index in [1.54, 1.807) is 6.20 Å². The van der Waals surface area contributed by atoms with Crippen LogP contribution in [0.25, 0.3) is 0 Å². The zero-order valence-electron chi connectivity index (χ0n) is 10.9. The van der Waals surface area contributed by atoms with Crippen LogP contribution >= 0.6 is 15.9 Å². The predicted octanol–water partition coefficient (Wildman–Crippen LogP) is 2.80. The van der Waals surface area contributed by atoms with Gasteiger partial charge < -0.3 is 11.1 Å². The summed E-state index contributed by atoms with van der Waals surface area (Å²) in [5.41, 5.74) is 8.23. The molecule has 3 nitrogen and oxygen atoms in total. The van der Waals surface area contributed by atoms with Crippen LogP contribution in [-0.4, -0.2) is 18.1 Å². The van der Waals surface area contributed by atoms with E-state index < -0.39 is 0 Å². The molecule has 0 bridgehead atoms. The van der Waals surface area contributed by atoms with Gasteiger partial charge in [-0.15, -0.1) is 0 Å². The highest BCUT2D eigenvalue weighted by Crippen LogP contribution is 2.18. The number of halogens is 1. The van der Waals surface area contributed by atoms with Crippen molar-refractivity contribution in [1.82, 2.24) is 10.3 Å². The van der Waals surface area contributed by atoms with Crippen molar-refractivity contribution in [3.05, 3.63) is 58.2 Å². The molecule has 1 aromatic heterocycles. The molecule has 4 heteroatoms. The third kappa shape index (κ3) is 4.04. The first-order chi connectivity index (χ1) is 9.19. The highest BCUT2D eigenvalue weighted by Gasteiger charge is 2.10. The van der Waals surface area contributed by atoms with Gasteiger partial charge in [0.1, 0.15) is 5.82 Å². The van der Waals surface area contributed by atoms with Crippen molar-refractivity contribution >= 4 is 21.7 Å². The summed E-state index contributed by atoms with van der Waals surface area (Å²) in [6, 6.07) is 12.6. The molecule has 0 saturated carbocycles. The number of pyridine rings is 1. The topological polar surface area (TPSA) is 50.9 Å². The minimum absolute atomic E-state index is 0.375. The number of nitrogen functional groups attached to an aromatic ring is 1. The molecular formula is C15H18BrN3. The number of benzene rings is 1. The van der Waals surface area contributed by atoms with Crippen molar-refractivity contribution in [2.24, 2.45) is 0 Å². The Hall–Kier alpha value is -1.39. The SMILES string of the molecule is CNC(Cc1ccnc(N)c1)Cc1ccccc1Br. The molecule has 0 aliphatic heterocycles. The number of hydrogen-bond donors (Lipinski definition) is 2. The van der Waals surface area contributed by atoms with Gasteiger partial charge in [0.05, 0.1) is 0 Å². The number of anilines is 1. The molecule has 1 aromatic carbocycles. The van der Waals surface area contributed by atoms with Crippen LogP contribution in [0.3, 0.4) is 0 Å². The standard InChI is InChI=1S/C15H18BrN3/c1-18-13(8-11-6-7-19-15(17)9-11)10-12-4-2-3-5-14(12)16/h2-7,9,13,18H,8,10H2,1H3,(H2,17,19). The van der Waals surface area contributed by atoms with Crippen LogP contribution in [0.15, 0.2) is 47.1 Å². The molecule has 1 heterocycles. The Bertz CT molecular complexity index is 542.